The third kappa shape index (κ3) is 1.74. The highest BCUT2D eigenvalue weighted by Gasteiger charge is 2.46. The summed E-state index contributed by atoms with van der Waals surface area (Å²) in [6.45, 7) is 0. The molecule has 2 heterocycles. The van der Waals surface area contributed by atoms with Crippen LogP contribution in [0.5, 0.6) is 0 Å². The molecule has 1 aliphatic carbocycles. The predicted molar refractivity (Wildman–Crippen MR) is 78.3 cm³/mol. The fraction of sp³-hybridized carbons (Fsp3) is 0.412. The van der Waals surface area contributed by atoms with Crippen LogP contribution >= 0.6 is 0 Å². The van der Waals surface area contributed by atoms with Crippen molar-refractivity contribution in [3.63, 3.8) is 0 Å². The van der Waals surface area contributed by atoms with Gasteiger partial charge in [0.15, 0.2) is 0 Å². The molecule has 1 atom stereocenters. The van der Waals surface area contributed by atoms with Crippen LogP contribution in [0.25, 0.3) is 11.3 Å². The van der Waals surface area contributed by atoms with Gasteiger partial charge in [0.2, 0.25) is 0 Å². The van der Waals surface area contributed by atoms with E-state index in [1.165, 1.54) is 5.56 Å². The molecule has 1 N–H and O–H groups in total. The van der Waals surface area contributed by atoms with Gasteiger partial charge in [-0.3, -0.25) is 0 Å². The zero-order valence-electron chi connectivity index (χ0n) is 11.7. The molecule has 1 aliphatic heterocycles. The molecule has 0 amide bonds. The van der Waals surface area contributed by atoms with Crippen LogP contribution in [-0.4, -0.2) is 20.3 Å². The van der Waals surface area contributed by atoms with Crippen molar-refractivity contribution < 1.29 is 5.11 Å². The van der Waals surface area contributed by atoms with Gasteiger partial charge < -0.3 is 9.67 Å². The Morgan fingerprint density at radius 3 is 2.81 bits per heavy atom. The SMILES string of the molecule is N#CC1CCC(O)(C2c3ccccc3-c3cncn32)CC1. The topological polar surface area (TPSA) is 61.8 Å². The van der Waals surface area contributed by atoms with Crippen LogP contribution in [0.2, 0.25) is 0 Å². The lowest BCUT2D eigenvalue weighted by Crippen LogP contribution is -2.42. The Hall–Kier alpha value is -2.12. The first-order valence-corrected chi connectivity index (χ1v) is 7.46. The van der Waals surface area contributed by atoms with E-state index < -0.39 is 5.60 Å². The molecular formula is C17H17N3O. The molecule has 0 bridgehead atoms. The Morgan fingerprint density at radius 1 is 1.29 bits per heavy atom. The lowest BCUT2D eigenvalue weighted by molar-refractivity contribution is -0.0344. The van der Waals surface area contributed by atoms with Gasteiger partial charge in [0, 0.05) is 11.5 Å². The van der Waals surface area contributed by atoms with Gasteiger partial charge in [-0.05, 0) is 31.2 Å². The Bertz CT molecular complexity index is 720. The maximum Gasteiger partial charge on any atom is 0.0957 e. The molecule has 1 aromatic heterocycles. The third-order valence-corrected chi connectivity index (χ3v) is 5.02. The predicted octanol–water partition coefficient (Wildman–Crippen LogP) is 2.90. The lowest BCUT2D eigenvalue weighted by Gasteiger charge is -2.39. The van der Waals surface area contributed by atoms with Crippen LogP contribution in [0, 0.1) is 17.2 Å². The Morgan fingerprint density at radius 2 is 2.05 bits per heavy atom. The number of hydrogen-bond donors (Lipinski definition) is 1. The van der Waals surface area contributed by atoms with E-state index in [-0.39, 0.29) is 12.0 Å². The molecule has 1 unspecified atom stereocenters. The van der Waals surface area contributed by atoms with Crippen LogP contribution in [0.4, 0.5) is 0 Å². The standard InChI is InChI=1S/C17H17N3O/c18-9-12-5-7-17(21,8-6-12)16-14-4-2-1-3-13(14)15-10-19-11-20(15)16/h1-4,10-12,16,21H,5-8H2. The van der Waals surface area contributed by atoms with Gasteiger partial charge in [0.25, 0.3) is 0 Å². The van der Waals surface area contributed by atoms with E-state index in [1.54, 1.807) is 0 Å². The summed E-state index contributed by atoms with van der Waals surface area (Å²) in [6.07, 6.45) is 6.56. The van der Waals surface area contributed by atoms with Gasteiger partial charge in [0.1, 0.15) is 0 Å². The number of aromatic nitrogens is 2. The number of imidazole rings is 1. The fourth-order valence-electron chi connectivity index (χ4n) is 3.91. The summed E-state index contributed by atoms with van der Waals surface area (Å²) in [4.78, 5) is 4.25. The number of nitriles is 1. The Kier molecular flexibility index (Phi) is 2.66. The monoisotopic (exact) mass is 279 g/mol. The maximum absolute atomic E-state index is 11.2. The normalized spacial score (nSPS) is 30.5. The summed E-state index contributed by atoms with van der Waals surface area (Å²) < 4.78 is 2.09. The van der Waals surface area contributed by atoms with E-state index in [9.17, 15) is 5.11 Å². The molecule has 2 aromatic rings. The fourth-order valence-corrected chi connectivity index (χ4v) is 3.91. The van der Waals surface area contributed by atoms with E-state index in [1.807, 2.05) is 24.7 Å². The molecule has 4 nitrogen and oxygen atoms in total. The molecule has 4 rings (SSSR count). The van der Waals surface area contributed by atoms with Crippen LogP contribution in [-0.2, 0) is 0 Å². The highest BCUT2D eigenvalue weighted by atomic mass is 16.3. The smallest absolute Gasteiger partial charge is 0.0957 e. The molecular weight excluding hydrogens is 262 g/mol. The first-order chi connectivity index (χ1) is 10.2. The molecule has 2 aliphatic rings. The number of fused-ring (bicyclic) bond motifs is 3. The van der Waals surface area contributed by atoms with Crippen molar-refractivity contribution in [2.75, 3.05) is 0 Å². The maximum atomic E-state index is 11.2. The zero-order valence-corrected chi connectivity index (χ0v) is 11.7. The van der Waals surface area contributed by atoms with Crippen LogP contribution in [0.3, 0.4) is 0 Å². The van der Waals surface area contributed by atoms with Crippen molar-refractivity contribution in [2.24, 2.45) is 5.92 Å². The largest absolute Gasteiger partial charge is 0.387 e. The highest BCUT2D eigenvalue weighted by molar-refractivity contribution is 5.69. The van der Waals surface area contributed by atoms with Gasteiger partial charge in [-0.25, -0.2) is 4.98 Å². The minimum absolute atomic E-state index is 0.0779. The van der Waals surface area contributed by atoms with E-state index in [0.29, 0.717) is 12.8 Å². The highest BCUT2D eigenvalue weighted by Crippen LogP contribution is 2.49. The zero-order chi connectivity index (χ0) is 14.4. The van der Waals surface area contributed by atoms with Gasteiger partial charge in [-0.15, -0.1) is 0 Å². The van der Waals surface area contributed by atoms with Gasteiger partial charge in [0.05, 0.1) is 35.9 Å². The van der Waals surface area contributed by atoms with E-state index in [2.05, 4.69) is 27.8 Å². The molecule has 0 saturated heterocycles. The molecule has 1 aromatic carbocycles. The van der Waals surface area contributed by atoms with Crippen molar-refractivity contribution in [1.29, 1.82) is 5.26 Å². The number of aliphatic hydroxyl groups is 1. The van der Waals surface area contributed by atoms with E-state index in [4.69, 9.17) is 5.26 Å². The second kappa shape index (κ2) is 4.44. The van der Waals surface area contributed by atoms with Crippen molar-refractivity contribution in [1.82, 2.24) is 9.55 Å². The molecule has 21 heavy (non-hydrogen) atoms. The van der Waals surface area contributed by atoms with Gasteiger partial charge >= 0.3 is 0 Å². The molecule has 0 spiro atoms. The first-order valence-electron chi connectivity index (χ1n) is 7.46. The molecule has 1 fully saturated rings. The van der Waals surface area contributed by atoms with Crippen molar-refractivity contribution in [2.45, 2.75) is 37.3 Å². The minimum atomic E-state index is -0.782. The van der Waals surface area contributed by atoms with Gasteiger partial charge in [-0.1, -0.05) is 24.3 Å². The van der Waals surface area contributed by atoms with Crippen LogP contribution in [0.15, 0.2) is 36.8 Å². The number of benzene rings is 1. The molecule has 0 radical (unpaired) electrons. The Balaban J connectivity index is 1.78. The second-order valence-electron chi connectivity index (χ2n) is 6.18. The average molecular weight is 279 g/mol. The van der Waals surface area contributed by atoms with E-state index >= 15 is 0 Å². The summed E-state index contributed by atoms with van der Waals surface area (Å²) in [5.41, 5.74) is 2.63. The first kappa shape index (κ1) is 12.6. The van der Waals surface area contributed by atoms with Crippen molar-refractivity contribution >= 4 is 0 Å². The van der Waals surface area contributed by atoms with E-state index in [0.717, 1.165) is 24.1 Å². The minimum Gasteiger partial charge on any atom is -0.387 e. The molecule has 4 heteroatoms. The number of nitrogens with zero attached hydrogens (tertiary/aromatic N) is 3. The molecule has 1 saturated carbocycles. The van der Waals surface area contributed by atoms with Gasteiger partial charge in [-0.2, -0.15) is 5.26 Å². The third-order valence-electron chi connectivity index (χ3n) is 5.02. The summed E-state index contributed by atoms with van der Waals surface area (Å²) in [6, 6.07) is 10.5. The lowest BCUT2D eigenvalue weighted by atomic mass is 9.73. The van der Waals surface area contributed by atoms with Crippen molar-refractivity contribution in [3.8, 4) is 17.3 Å². The number of rotatable bonds is 1. The summed E-state index contributed by atoms with van der Waals surface area (Å²) in [5, 5.41) is 20.3. The average Bonchev–Trinajstić information content (AvgIpc) is 3.08. The number of hydrogen-bond acceptors (Lipinski definition) is 3. The molecule has 106 valence electrons. The Labute approximate surface area is 123 Å². The summed E-state index contributed by atoms with van der Waals surface area (Å²) in [7, 11) is 0. The quantitative estimate of drug-likeness (QED) is 0.873. The second-order valence-corrected chi connectivity index (χ2v) is 6.18. The van der Waals surface area contributed by atoms with Crippen LogP contribution < -0.4 is 0 Å². The van der Waals surface area contributed by atoms with Crippen LogP contribution in [0.1, 0.15) is 37.3 Å². The summed E-state index contributed by atoms with van der Waals surface area (Å²) in [5.74, 6) is 0.0872. The summed E-state index contributed by atoms with van der Waals surface area (Å²) >= 11 is 0. The van der Waals surface area contributed by atoms with Crippen molar-refractivity contribution in [3.05, 3.63) is 42.4 Å².